The van der Waals surface area contributed by atoms with Gasteiger partial charge in [0, 0.05) is 25.3 Å². The number of nitrogens with one attached hydrogen (secondary N) is 1. The van der Waals surface area contributed by atoms with Crippen LogP contribution < -0.4 is 5.32 Å². The number of pyridine rings is 1. The molecule has 1 amide bonds. The molecule has 0 aromatic carbocycles. The maximum Gasteiger partial charge on any atom is 0.223 e. The Labute approximate surface area is 143 Å². The normalized spacial score (nSPS) is 27.1. The molecule has 2 aliphatic heterocycles. The second-order valence-corrected chi connectivity index (χ2v) is 7.62. The van der Waals surface area contributed by atoms with Crippen LogP contribution in [0.5, 0.6) is 0 Å². The van der Waals surface area contributed by atoms with Crippen LogP contribution in [0.15, 0.2) is 24.4 Å². The van der Waals surface area contributed by atoms with Crippen LogP contribution in [-0.2, 0) is 16.1 Å². The molecule has 24 heavy (non-hydrogen) atoms. The first-order valence-corrected chi connectivity index (χ1v) is 9.26. The standard InChI is InChI=1S/C19H27N3O2/c23-18(15-4-5-15)21-17-14-24-12-8-19(17)6-10-22(11-7-19)13-16-3-1-2-9-20-16/h1-3,9,15,17H,4-8,10-14H2,(H,21,23). The maximum atomic E-state index is 12.2. The number of carbonyl (C=O) groups is 1. The van der Waals surface area contributed by atoms with Crippen LogP contribution in [0.1, 0.15) is 37.8 Å². The molecule has 5 nitrogen and oxygen atoms in total. The van der Waals surface area contributed by atoms with Crippen molar-refractivity contribution in [3.8, 4) is 0 Å². The van der Waals surface area contributed by atoms with Crippen molar-refractivity contribution >= 4 is 5.91 Å². The second kappa shape index (κ2) is 6.81. The molecule has 1 atom stereocenters. The molecule has 1 unspecified atom stereocenters. The van der Waals surface area contributed by atoms with E-state index in [1.807, 2.05) is 12.3 Å². The average Bonchev–Trinajstić information content (AvgIpc) is 3.45. The summed E-state index contributed by atoms with van der Waals surface area (Å²) in [5, 5.41) is 3.31. The Bertz CT molecular complexity index is 565. The Morgan fingerprint density at radius 3 is 2.83 bits per heavy atom. The second-order valence-electron chi connectivity index (χ2n) is 7.62. The summed E-state index contributed by atoms with van der Waals surface area (Å²) in [5.74, 6) is 0.522. The van der Waals surface area contributed by atoms with Gasteiger partial charge in [-0.25, -0.2) is 0 Å². The molecule has 1 aromatic heterocycles. The van der Waals surface area contributed by atoms with E-state index < -0.39 is 0 Å². The van der Waals surface area contributed by atoms with E-state index in [1.54, 1.807) is 0 Å². The first-order valence-electron chi connectivity index (χ1n) is 9.26. The lowest BCUT2D eigenvalue weighted by Crippen LogP contribution is -2.57. The monoisotopic (exact) mass is 329 g/mol. The van der Waals surface area contributed by atoms with Gasteiger partial charge < -0.3 is 10.1 Å². The highest BCUT2D eigenvalue weighted by molar-refractivity contribution is 5.81. The van der Waals surface area contributed by atoms with Gasteiger partial charge in [-0.3, -0.25) is 14.7 Å². The smallest absolute Gasteiger partial charge is 0.223 e. The van der Waals surface area contributed by atoms with E-state index in [1.165, 1.54) is 0 Å². The topological polar surface area (TPSA) is 54.5 Å². The van der Waals surface area contributed by atoms with Crippen LogP contribution in [0.4, 0.5) is 0 Å². The van der Waals surface area contributed by atoms with Crippen molar-refractivity contribution in [3.05, 3.63) is 30.1 Å². The summed E-state index contributed by atoms with van der Waals surface area (Å²) in [7, 11) is 0. The fourth-order valence-electron chi connectivity index (χ4n) is 4.13. The first-order chi connectivity index (χ1) is 11.8. The van der Waals surface area contributed by atoms with Gasteiger partial charge in [0.15, 0.2) is 0 Å². The molecule has 2 saturated heterocycles. The zero-order chi connectivity index (χ0) is 16.4. The minimum absolute atomic E-state index is 0.191. The molecule has 1 saturated carbocycles. The quantitative estimate of drug-likeness (QED) is 0.918. The lowest BCUT2D eigenvalue weighted by Gasteiger charge is -2.49. The van der Waals surface area contributed by atoms with E-state index in [4.69, 9.17) is 4.74 Å². The zero-order valence-electron chi connectivity index (χ0n) is 14.2. The largest absolute Gasteiger partial charge is 0.379 e. The number of rotatable bonds is 4. The molecule has 4 rings (SSSR count). The van der Waals surface area contributed by atoms with Crippen molar-refractivity contribution in [2.24, 2.45) is 11.3 Å². The van der Waals surface area contributed by atoms with Gasteiger partial charge in [0.05, 0.1) is 18.3 Å². The number of likely N-dealkylation sites (tertiary alicyclic amines) is 1. The van der Waals surface area contributed by atoms with Crippen LogP contribution >= 0.6 is 0 Å². The summed E-state index contributed by atoms with van der Waals surface area (Å²) in [6, 6.07) is 6.30. The third-order valence-corrected chi connectivity index (χ3v) is 6.00. The lowest BCUT2D eigenvalue weighted by molar-refractivity contribution is -0.127. The van der Waals surface area contributed by atoms with E-state index in [9.17, 15) is 4.79 Å². The number of hydrogen-bond donors (Lipinski definition) is 1. The van der Waals surface area contributed by atoms with E-state index in [-0.39, 0.29) is 23.3 Å². The molecule has 1 N–H and O–H groups in total. The number of ether oxygens (including phenoxy) is 1. The lowest BCUT2D eigenvalue weighted by atomic mass is 9.69. The Morgan fingerprint density at radius 2 is 2.12 bits per heavy atom. The number of aromatic nitrogens is 1. The van der Waals surface area contributed by atoms with Crippen LogP contribution in [0, 0.1) is 11.3 Å². The Kier molecular flexibility index (Phi) is 4.55. The van der Waals surface area contributed by atoms with Crippen molar-refractivity contribution in [3.63, 3.8) is 0 Å². The molecule has 1 spiro atoms. The molecule has 3 heterocycles. The average molecular weight is 329 g/mol. The van der Waals surface area contributed by atoms with E-state index in [0.717, 1.165) is 64.0 Å². The van der Waals surface area contributed by atoms with Crippen molar-refractivity contribution in [1.29, 1.82) is 0 Å². The Morgan fingerprint density at radius 1 is 1.29 bits per heavy atom. The van der Waals surface area contributed by atoms with Gasteiger partial charge in [-0.05, 0) is 62.7 Å². The number of carbonyl (C=O) groups excluding carboxylic acids is 1. The third-order valence-electron chi connectivity index (χ3n) is 6.00. The van der Waals surface area contributed by atoms with E-state index in [2.05, 4.69) is 27.3 Å². The van der Waals surface area contributed by atoms with Crippen LogP contribution in [0.25, 0.3) is 0 Å². The molecule has 0 radical (unpaired) electrons. The molecule has 3 aliphatic rings. The third kappa shape index (κ3) is 3.47. The van der Waals surface area contributed by atoms with Gasteiger partial charge in [-0.15, -0.1) is 0 Å². The van der Waals surface area contributed by atoms with Crippen LogP contribution in [-0.4, -0.2) is 48.1 Å². The predicted molar refractivity (Wildman–Crippen MR) is 91.3 cm³/mol. The highest BCUT2D eigenvalue weighted by Crippen LogP contribution is 2.41. The van der Waals surface area contributed by atoms with Gasteiger partial charge in [0.25, 0.3) is 0 Å². The fraction of sp³-hybridized carbons (Fsp3) is 0.684. The van der Waals surface area contributed by atoms with Gasteiger partial charge in [0.2, 0.25) is 5.91 Å². The first kappa shape index (κ1) is 16.0. The molecular weight excluding hydrogens is 302 g/mol. The molecule has 1 aromatic rings. The van der Waals surface area contributed by atoms with Crippen LogP contribution in [0.3, 0.4) is 0 Å². The Balaban J connectivity index is 1.36. The molecule has 1 aliphatic carbocycles. The predicted octanol–water partition coefficient (Wildman–Crippen LogP) is 1.98. The summed E-state index contributed by atoms with van der Waals surface area (Å²) < 4.78 is 5.69. The zero-order valence-corrected chi connectivity index (χ0v) is 14.2. The maximum absolute atomic E-state index is 12.2. The Hall–Kier alpha value is -1.46. The van der Waals surface area contributed by atoms with Crippen molar-refractivity contribution < 1.29 is 9.53 Å². The number of hydrogen-bond acceptors (Lipinski definition) is 4. The molecule has 3 fully saturated rings. The fourth-order valence-corrected chi connectivity index (χ4v) is 4.13. The number of amides is 1. The SMILES string of the molecule is O=C(NC1COCCC12CCN(Cc1ccccn1)CC2)C1CC1. The van der Waals surface area contributed by atoms with Gasteiger partial charge in [0.1, 0.15) is 0 Å². The van der Waals surface area contributed by atoms with Crippen molar-refractivity contribution in [2.75, 3.05) is 26.3 Å². The molecular formula is C19H27N3O2. The summed E-state index contributed by atoms with van der Waals surface area (Å²) in [6.07, 6.45) is 7.33. The van der Waals surface area contributed by atoms with E-state index >= 15 is 0 Å². The molecule has 0 bridgehead atoms. The minimum Gasteiger partial charge on any atom is -0.379 e. The number of nitrogens with zero attached hydrogens (tertiary/aromatic N) is 2. The van der Waals surface area contributed by atoms with Gasteiger partial charge in [-0.2, -0.15) is 0 Å². The summed E-state index contributed by atoms with van der Waals surface area (Å²) in [6.45, 7) is 4.58. The summed E-state index contributed by atoms with van der Waals surface area (Å²) >= 11 is 0. The highest BCUT2D eigenvalue weighted by atomic mass is 16.5. The van der Waals surface area contributed by atoms with Crippen molar-refractivity contribution in [2.45, 2.75) is 44.7 Å². The minimum atomic E-state index is 0.191. The number of piperidine rings is 1. The van der Waals surface area contributed by atoms with E-state index in [0.29, 0.717) is 6.61 Å². The molecule has 130 valence electrons. The van der Waals surface area contributed by atoms with Crippen molar-refractivity contribution in [1.82, 2.24) is 15.2 Å². The summed E-state index contributed by atoms with van der Waals surface area (Å²) in [4.78, 5) is 19.1. The summed E-state index contributed by atoms with van der Waals surface area (Å²) in [5.41, 5.74) is 1.36. The highest BCUT2D eigenvalue weighted by Gasteiger charge is 2.45. The van der Waals surface area contributed by atoms with Crippen LogP contribution in [0.2, 0.25) is 0 Å². The van der Waals surface area contributed by atoms with Gasteiger partial charge >= 0.3 is 0 Å². The van der Waals surface area contributed by atoms with Gasteiger partial charge in [-0.1, -0.05) is 6.07 Å². The molecule has 5 heteroatoms.